The number of nitrogens with zero attached hydrogens (tertiary/aromatic N) is 3. The molecule has 0 atom stereocenters. The Hall–Kier alpha value is -0.0500. The van der Waals surface area contributed by atoms with Crippen LogP contribution in [0, 0.1) is 0 Å². The Bertz CT molecular complexity index is 44.9. The Balaban J connectivity index is 0. The van der Waals surface area contributed by atoms with Crippen molar-refractivity contribution in [2.45, 2.75) is 0 Å². The first-order valence-corrected chi connectivity index (χ1v) is 1.07. The van der Waals surface area contributed by atoms with Crippen LogP contribution in [0.2, 0.25) is 0 Å². The maximum Gasteiger partial charge on any atom is 0.125 e. The van der Waals surface area contributed by atoms with Crippen molar-refractivity contribution in [1.82, 2.24) is 0 Å². The lowest BCUT2D eigenvalue weighted by Gasteiger charge is -1.22. The molecule has 0 spiro atoms. The van der Waals surface area contributed by atoms with Crippen molar-refractivity contribution < 1.29 is 12.4 Å². The second-order valence-corrected chi connectivity index (χ2v) is 0.389. The van der Waals surface area contributed by atoms with E-state index in [0.717, 1.165) is 0 Å². The molecule has 5 heteroatoms. The summed E-state index contributed by atoms with van der Waals surface area (Å²) in [6, 6.07) is 0. The van der Waals surface area contributed by atoms with Gasteiger partial charge in [-0.15, -0.1) is 0 Å². The van der Waals surface area contributed by atoms with E-state index in [1.54, 1.807) is 0 Å². The van der Waals surface area contributed by atoms with Crippen molar-refractivity contribution in [2.24, 2.45) is 4.52 Å². The van der Waals surface area contributed by atoms with Crippen LogP contribution in [0.15, 0.2) is 4.52 Å². The first kappa shape index (κ1) is 8.87. The van der Waals surface area contributed by atoms with E-state index in [9.17, 15) is 0 Å². The van der Waals surface area contributed by atoms with E-state index in [1.807, 2.05) is 0 Å². The Morgan fingerprint density at radius 1 is 1.80 bits per heavy atom. The maximum absolute atomic E-state index is 7.28. The lowest BCUT2D eigenvalue weighted by molar-refractivity contribution is -0.000000850. The largest absolute Gasteiger partial charge is 1.00 e. The van der Waals surface area contributed by atoms with E-state index in [2.05, 4.69) is 22.2 Å². The van der Waals surface area contributed by atoms with Crippen molar-refractivity contribution in [3.8, 4) is 0 Å². The van der Waals surface area contributed by atoms with Crippen LogP contribution in [0.25, 0.3) is 10.4 Å². The molecule has 0 aliphatic rings. The predicted octanol–water partition coefficient (Wildman–Crippen LogP) is -2.77. The van der Waals surface area contributed by atoms with Gasteiger partial charge in [-0.3, -0.25) is 0 Å². The van der Waals surface area contributed by atoms with E-state index in [1.165, 1.54) is 0 Å². The zero-order chi connectivity index (χ0) is 3.41. The quantitative estimate of drug-likeness (QED) is 0.141. The van der Waals surface area contributed by atoms with Gasteiger partial charge in [-0.2, -0.15) is 0 Å². The van der Waals surface area contributed by atoms with Crippen molar-refractivity contribution in [3.63, 3.8) is 0 Å². The minimum atomic E-state index is 0. The van der Waals surface area contributed by atoms with Crippen molar-refractivity contribution >= 4 is 12.8 Å². The lowest BCUT2D eigenvalue weighted by atomic mass is 13.0. The molecule has 0 N–H and O–H groups in total. The lowest BCUT2D eigenvalue weighted by Crippen LogP contribution is -3.00. The highest BCUT2D eigenvalue weighted by Crippen LogP contribution is 1.49. The molecule has 0 heterocycles. The topological polar surface area (TPSA) is 48.8 Å². The first-order chi connectivity index (χ1) is 1.91. The van der Waals surface area contributed by atoms with Crippen LogP contribution in [0.4, 0.5) is 0 Å². The molecule has 0 aliphatic heterocycles. The molecule has 0 radical (unpaired) electrons. The summed E-state index contributed by atoms with van der Waals surface area (Å²) >= 11 is 2.50. The summed E-state index contributed by atoms with van der Waals surface area (Å²) in [5.41, 5.74) is 7.28. The third-order valence-electron chi connectivity index (χ3n) is 0.0447. The van der Waals surface area contributed by atoms with Gasteiger partial charge >= 0.3 is 0 Å². The van der Waals surface area contributed by atoms with E-state index in [0.29, 0.717) is 0 Å². The zero-order valence-electron chi connectivity index (χ0n) is 2.22. The van der Waals surface area contributed by atoms with E-state index in [4.69, 9.17) is 5.53 Å². The number of rotatable bonds is 0. The fraction of sp³-hybridized carbons (Fsp3) is 0. The fourth-order valence-electron chi connectivity index (χ4n) is 0. The average Bonchev–Trinajstić information content (AvgIpc) is 1.37. The predicted molar refractivity (Wildman–Crippen MR) is 19.3 cm³/mol. The van der Waals surface area contributed by atoms with Crippen LogP contribution in [-0.2, 0) is 12.8 Å². The summed E-state index contributed by atoms with van der Waals surface area (Å²) in [6.45, 7) is 0. The molecular weight excluding hydrogens is 110 g/mol. The molecule has 0 aromatic rings. The molecule has 0 aromatic heterocycles. The van der Waals surface area contributed by atoms with Gasteiger partial charge in [0.15, 0.2) is 0 Å². The second-order valence-electron chi connectivity index (χ2n) is 0.189. The smallest absolute Gasteiger partial charge is 0.125 e. The first-order valence-electron chi connectivity index (χ1n) is 0.624. The molecule has 0 aromatic carbocycles. The monoisotopic (exact) mass is 111 g/mol. The minimum absolute atomic E-state index is 0. The van der Waals surface area contributed by atoms with Gasteiger partial charge in [0, 0.05) is 10.4 Å². The summed E-state index contributed by atoms with van der Waals surface area (Å²) in [5.74, 6) is 0. The molecule has 3 nitrogen and oxygen atoms in total. The number of hydrogen-bond acceptors (Lipinski definition) is 1. The molecule has 0 amide bonds. The highest BCUT2D eigenvalue weighted by molar-refractivity contribution is 7.56. The van der Waals surface area contributed by atoms with Crippen LogP contribution in [0.3, 0.4) is 0 Å². The summed E-state index contributed by atoms with van der Waals surface area (Å²) in [7, 11) is 0. The van der Waals surface area contributed by atoms with Gasteiger partial charge in [-0.05, 0) is 0 Å². The van der Waals surface area contributed by atoms with Crippen molar-refractivity contribution in [1.29, 1.82) is 0 Å². The summed E-state index contributed by atoms with van der Waals surface area (Å²) in [4.78, 5) is 2.27. The molecule has 0 aliphatic carbocycles. The Morgan fingerprint density at radius 2 is 2.00 bits per heavy atom. The third-order valence-corrected chi connectivity index (χ3v) is 0.134. The zero-order valence-corrected chi connectivity index (χ0v) is 3.98. The van der Waals surface area contributed by atoms with Crippen LogP contribution < -0.4 is 12.4 Å². The molecular formula is H2ClN3S. The number of halogens is 1. The van der Waals surface area contributed by atoms with E-state index >= 15 is 0 Å². The normalized spacial score (nSPS) is 3.40. The van der Waals surface area contributed by atoms with Crippen LogP contribution in [0.1, 0.15) is 0 Å². The van der Waals surface area contributed by atoms with Gasteiger partial charge in [0.2, 0.25) is 0 Å². The number of azide groups is 1. The Kier molecular flexibility index (Phi) is 16.0. The highest BCUT2D eigenvalue weighted by Gasteiger charge is 1.39. The maximum atomic E-state index is 7.28. The van der Waals surface area contributed by atoms with Gasteiger partial charge in [-0.1, -0.05) is 0 Å². The van der Waals surface area contributed by atoms with Crippen LogP contribution in [0.5, 0.6) is 0 Å². The van der Waals surface area contributed by atoms with Crippen molar-refractivity contribution in [3.05, 3.63) is 10.4 Å². The second kappa shape index (κ2) is 9.04. The molecule has 0 rings (SSSR count). The van der Waals surface area contributed by atoms with Crippen LogP contribution in [-0.4, -0.2) is 0 Å². The standard InChI is InChI=1S/ClH.HN3S/c;1-2-3-4/h1H;4H. The average molecular weight is 112 g/mol. The third kappa shape index (κ3) is 16.6. The molecule has 0 saturated carbocycles. The van der Waals surface area contributed by atoms with Gasteiger partial charge in [0.05, 0.1) is 12.8 Å². The molecule has 30 valence electrons. The SMILES string of the molecule is [Cl-].[N-]=[N+]=N[SH2+]. The van der Waals surface area contributed by atoms with Gasteiger partial charge in [0.25, 0.3) is 0 Å². The fourth-order valence-corrected chi connectivity index (χ4v) is 0. The number of hydrogen-bond donors (Lipinski definition) is 0. The molecule has 0 bridgehead atoms. The van der Waals surface area contributed by atoms with Gasteiger partial charge in [-0.25, -0.2) is 0 Å². The van der Waals surface area contributed by atoms with E-state index < -0.39 is 0 Å². The minimum Gasteiger partial charge on any atom is -1.00 e. The van der Waals surface area contributed by atoms with Crippen LogP contribution >= 0.6 is 0 Å². The molecule has 5 heavy (non-hydrogen) atoms. The summed E-state index contributed by atoms with van der Waals surface area (Å²) in [5, 5.41) is 0. The highest BCUT2D eigenvalue weighted by atomic mass is 35.5. The summed E-state index contributed by atoms with van der Waals surface area (Å²) in [6.07, 6.45) is 0. The molecule has 0 unspecified atom stereocenters. The van der Waals surface area contributed by atoms with Crippen molar-refractivity contribution in [2.75, 3.05) is 0 Å². The summed E-state index contributed by atoms with van der Waals surface area (Å²) < 4.78 is 2.72. The Labute approximate surface area is 41.0 Å². The van der Waals surface area contributed by atoms with Gasteiger partial charge in [0.1, 0.15) is 4.52 Å². The van der Waals surface area contributed by atoms with Gasteiger partial charge < -0.3 is 12.4 Å². The molecule has 0 fully saturated rings. The van der Waals surface area contributed by atoms with E-state index in [-0.39, 0.29) is 12.4 Å². The molecule has 0 saturated heterocycles. The Morgan fingerprint density at radius 3 is 2.00 bits per heavy atom.